The summed E-state index contributed by atoms with van der Waals surface area (Å²) in [5, 5.41) is 0.980. The molecule has 2 fully saturated rings. The van der Waals surface area contributed by atoms with Crippen LogP contribution in [0.1, 0.15) is 42.5 Å². The molecule has 2 amide bonds. The summed E-state index contributed by atoms with van der Waals surface area (Å²) in [5.41, 5.74) is 1.67. The van der Waals surface area contributed by atoms with E-state index in [9.17, 15) is 18.8 Å². The number of anilines is 1. The summed E-state index contributed by atoms with van der Waals surface area (Å²) in [6, 6.07) is 3.66. The minimum Gasteiger partial charge on any atom is -0.465 e. The van der Waals surface area contributed by atoms with E-state index in [1.54, 1.807) is 0 Å². The number of rotatable bonds is 2. The minimum atomic E-state index is -0.767. The van der Waals surface area contributed by atoms with Crippen molar-refractivity contribution in [2.45, 2.75) is 32.1 Å². The van der Waals surface area contributed by atoms with Crippen LogP contribution in [-0.2, 0) is 14.3 Å². The summed E-state index contributed by atoms with van der Waals surface area (Å²) in [4.78, 5) is 36.2. The number of esters is 1. The van der Waals surface area contributed by atoms with Gasteiger partial charge in [-0.3, -0.25) is 15.0 Å². The van der Waals surface area contributed by atoms with Crippen molar-refractivity contribution in [1.29, 1.82) is 0 Å². The van der Waals surface area contributed by atoms with E-state index in [0.29, 0.717) is 12.8 Å². The van der Waals surface area contributed by atoms with Crippen LogP contribution in [0.2, 0.25) is 0 Å². The Hall–Kier alpha value is -2.44. The van der Waals surface area contributed by atoms with E-state index in [0.717, 1.165) is 23.9 Å². The molecule has 0 aromatic heterocycles. The van der Waals surface area contributed by atoms with Crippen LogP contribution in [-0.4, -0.2) is 24.9 Å². The second-order valence-electron chi connectivity index (χ2n) is 6.00. The Balaban J connectivity index is 1.95. The lowest BCUT2D eigenvalue weighted by atomic mass is 9.80. The van der Waals surface area contributed by atoms with Gasteiger partial charge in [0.15, 0.2) is 0 Å². The molecule has 7 heteroatoms. The van der Waals surface area contributed by atoms with Crippen molar-refractivity contribution in [3.63, 3.8) is 0 Å². The molecular weight excluding hydrogens is 303 g/mol. The van der Waals surface area contributed by atoms with Crippen molar-refractivity contribution in [2.24, 2.45) is 5.41 Å². The monoisotopic (exact) mass is 320 g/mol. The van der Waals surface area contributed by atoms with Gasteiger partial charge in [0.2, 0.25) is 5.91 Å². The lowest BCUT2D eigenvalue weighted by molar-refractivity contribution is -0.140. The van der Waals surface area contributed by atoms with Crippen LogP contribution in [0.4, 0.5) is 10.1 Å². The third-order valence-corrected chi connectivity index (χ3v) is 4.56. The molecule has 1 saturated carbocycles. The van der Waals surface area contributed by atoms with Gasteiger partial charge in [-0.05, 0) is 31.0 Å². The molecule has 0 unspecified atom stereocenters. The number of carbonyl (C=O) groups is 3. The van der Waals surface area contributed by atoms with Gasteiger partial charge in [0.1, 0.15) is 11.5 Å². The minimum absolute atomic E-state index is 0.0418. The molecule has 1 aliphatic carbocycles. The number of methoxy groups -OCH3 is 1. The van der Waals surface area contributed by atoms with Gasteiger partial charge in [-0.2, -0.15) is 0 Å². The zero-order chi connectivity index (χ0) is 16.6. The number of halogens is 1. The predicted molar refractivity (Wildman–Crippen MR) is 78.9 cm³/mol. The summed E-state index contributed by atoms with van der Waals surface area (Å²) in [5.74, 6) is -2.03. The van der Waals surface area contributed by atoms with E-state index in [2.05, 4.69) is 10.2 Å². The quantitative estimate of drug-likeness (QED) is 0.845. The van der Waals surface area contributed by atoms with Gasteiger partial charge in [-0.15, -0.1) is 0 Å². The van der Waals surface area contributed by atoms with Crippen molar-refractivity contribution in [2.75, 3.05) is 12.1 Å². The Kier molecular flexibility index (Phi) is 3.79. The maximum Gasteiger partial charge on any atom is 0.337 e. The van der Waals surface area contributed by atoms with Gasteiger partial charge in [0.25, 0.3) is 5.91 Å². The van der Waals surface area contributed by atoms with E-state index in [4.69, 9.17) is 0 Å². The van der Waals surface area contributed by atoms with Crippen LogP contribution in [0.15, 0.2) is 18.2 Å². The number of ether oxygens (including phenoxy) is 1. The van der Waals surface area contributed by atoms with Crippen molar-refractivity contribution in [1.82, 2.24) is 5.43 Å². The molecule has 0 radical (unpaired) electrons. The number of amides is 2. The first-order valence-corrected chi connectivity index (χ1v) is 7.49. The molecule has 6 nitrogen and oxygen atoms in total. The third-order valence-electron chi connectivity index (χ3n) is 4.56. The molecule has 3 rings (SSSR count). The van der Waals surface area contributed by atoms with E-state index >= 15 is 0 Å². The highest BCUT2D eigenvalue weighted by atomic mass is 19.1. The first kappa shape index (κ1) is 15.5. The van der Waals surface area contributed by atoms with Crippen molar-refractivity contribution in [3.05, 3.63) is 29.6 Å². The number of carbonyl (C=O) groups excluding carboxylic acids is 3. The summed E-state index contributed by atoms with van der Waals surface area (Å²) < 4.78 is 18.9. The van der Waals surface area contributed by atoms with Crippen LogP contribution < -0.4 is 10.4 Å². The van der Waals surface area contributed by atoms with E-state index < -0.39 is 17.2 Å². The molecule has 1 heterocycles. The Morgan fingerprint density at radius 2 is 2.00 bits per heavy atom. The number of hydrogen-bond acceptors (Lipinski definition) is 4. The van der Waals surface area contributed by atoms with E-state index in [1.165, 1.54) is 19.2 Å². The molecule has 122 valence electrons. The fourth-order valence-electron chi connectivity index (χ4n) is 3.38. The number of benzene rings is 1. The maximum absolute atomic E-state index is 14.4. The molecule has 1 saturated heterocycles. The SMILES string of the molecule is COC(=O)c1ccc(N2NC(=O)CC3(CCCC3)C2=O)c(F)c1. The lowest BCUT2D eigenvalue weighted by Crippen LogP contribution is -2.59. The van der Waals surface area contributed by atoms with E-state index in [-0.39, 0.29) is 29.5 Å². The van der Waals surface area contributed by atoms with Crippen molar-refractivity contribution in [3.8, 4) is 0 Å². The Bertz CT molecular complexity index is 683. The topological polar surface area (TPSA) is 75.7 Å². The normalized spacial score (nSPS) is 19.8. The highest BCUT2D eigenvalue weighted by Gasteiger charge is 2.49. The molecule has 0 bridgehead atoms. The third kappa shape index (κ3) is 2.56. The Labute approximate surface area is 132 Å². The van der Waals surface area contributed by atoms with Crippen molar-refractivity contribution < 1.29 is 23.5 Å². The second kappa shape index (κ2) is 5.64. The highest BCUT2D eigenvalue weighted by Crippen LogP contribution is 2.45. The first-order chi connectivity index (χ1) is 11.0. The zero-order valence-corrected chi connectivity index (χ0v) is 12.7. The van der Waals surface area contributed by atoms with Gasteiger partial charge < -0.3 is 4.74 Å². The fourth-order valence-corrected chi connectivity index (χ4v) is 3.38. The van der Waals surface area contributed by atoms with Gasteiger partial charge in [0, 0.05) is 6.42 Å². The molecule has 23 heavy (non-hydrogen) atoms. The molecule has 1 aliphatic heterocycles. The second-order valence-corrected chi connectivity index (χ2v) is 6.00. The number of hydrazine groups is 1. The average Bonchev–Trinajstić information content (AvgIpc) is 2.99. The lowest BCUT2D eigenvalue weighted by Gasteiger charge is -2.38. The average molecular weight is 320 g/mol. The number of nitrogens with zero attached hydrogens (tertiary/aromatic N) is 1. The van der Waals surface area contributed by atoms with Crippen LogP contribution in [0, 0.1) is 11.2 Å². The Morgan fingerprint density at radius 3 is 2.61 bits per heavy atom. The largest absolute Gasteiger partial charge is 0.465 e. The number of nitrogens with one attached hydrogen (secondary N) is 1. The van der Waals surface area contributed by atoms with Gasteiger partial charge >= 0.3 is 5.97 Å². The molecule has 1 aromatic rings. The van der Waals surface area contributed by atoms with E-state index in [1.807, 2.05) is 0 Å². The fraction of sp³-hybridized carbons (Fsp3) is 0.438. The first-order valence-electron chi connectivity index (χ1n) is 7.49. The molecular formula is C16H17FN2O4. The molecule has 1 spiro atoms. The molecule has 2 aliphatic rings. The van der Waals surface area contributed by atoms with Gasteiger partial charge in [-0.25, -0.2) is 14.2 Å². The number of hydrogen-bond donors (Lipinski definition) is 1. The Morgan fingerprint density at radius 1 is 1.30 bits per heavy atom. The highest BCUT2D eigenvalue weighted by molar-refractivity contribution is 6.05. The smallest absolute Gasteiger partial charge is 0.337 e. The molecule has 0 atom stereocenters. The summed E-state index contributed by atoms with van der Waals surface area (Å²) in [7, 11) is 1.20. The standard InChI is InChI=1S/C16H17FN2O4/c1-23-14(21)10-4-5-12(11(17)8-10)19-15(22)16(6-2-3-7-16)9-13(20)18-19/h4-5,8H,2-3,6-7,9H2,1H3,(H,18,20). The zero-order valence-electron chi connectivity index (χ0n) is 12.7. The van der Waals surface area contributed by atoms with Crippen molar-refractivity contribution >= 4 is 23.5 Å². The van der Waals surface area contributed by atoms with Crippen LogP contribution in [0.3, 0.4) is 0 Å². The van der Waals surface area contributed by atoms with Crippen LogP contribution in [0.25, 0.3) is 0 Å². The van der Waals surface area contributed by atoms with Crippen LogP contribution in [0.5, 0.6) is 0 Å². The predicted octanol–water partition coefficient (Wildman–Crippen LogP) is 1.94. The molecule has 1 N–H and O–H groups in total. The summed E-state index contributed by atoms with van der Waals surface area (Å²) >= 11 is 0. The van der Waals surface area contributed by atoms with Crippen LogP contribution >= 0.6 is 0 Å². The van der Waals surface area contributed by atoms with Gasteiger partial charge in [-0.1, -0.05) is 12.8 Å². The summed E-state index contributed by atoms with van der Waals surface area (Å²) in [6.45, 7) is 0. The maximum atomic E-state index is 14.4. The molecule has 1 aromatic carbocycles. The summed E-state index contributed by atoms with van der Waals surface area (Å²) in [6.07, 6.45) is 3.19. The van der Waals surface area contributed by atoms with Gasteiger partial charge in [0.05, 0.1) is 18.1 Å².